The fourth-order valence-electron chi connectivity index (χ4n) is 3.12. The number of hydrogen-bond acceptors (Lipinski definition) is 5. The lowest BCUT2D eigenvalue weighted by Crippen LogP contribution is -2.26. The Bertz CT molecular complexity index is 1190. The number of fused-ring (bicyclic) bond motifs is 1. The number of hydrogen-bond donors (Lipinski definition) is 1. The van der Waals surface area contributed by atoms with Crippen LogP contribution in [0.1, 0.15) is 21.7 Å². The molecule has 0 spiro atoms. The minimum absolute atomic E-state index is 0.0842. The van der Waals surface area contributed by atoms with Gasteiger partial charge in [-0.2, -0.15) is 18.3 Å². The SMILES string of the molecule is CN(C(=O)c1cccc(-n2nc(C(F)(F)F)cc2CO)c1)c1ccc2c(c1)OC(F)(F)O2. The van der Waals surface area contributed by atoms with Crippen LogP contribution in [0.3, 0.4) is 0 Å². The molecule has 0 saturated carbocycles. The van der Waals surface area contributed by atoms with Crippen molar-refractivity contribution >= 4 is 11.6 Å². The van der Waals surface area contributed by atoms with Gasteiger partial charge in [-0.1, -0.05) is 6.07 Å². The first-order valence-electron chi connectivity index (χ1n) is 9.04. The van der Waals surface area contributed by atoms with Crippen LogP contribution in [0.5, 0.6) is 11.5 Å². The molecule has 0 saturated heterocycles. The van der Waals surface area contributed by atoms with Crippen LogP contribution in [-0.2, 0) is 12.8 Å². The van der Waals surface area contributed by atoms with Crippen molar-refractivity contribution in [2.24, 2.45) is 0 Å². The van der Waals surface area contributed by atoms with Crippen LogP contribution in [0.4, 0.5) is 27.6 Å². The second kappa shape index (κ2) is 7.48. The minimum atomic E-state index is -4.71. The Morgan fingerprint density at radius 2 is 1.84 bits per heavy atom. The van der Waals surface area contributed by atoms with Crippen molar-refractivity contribution in [3.63, 3.8) is 0 Å². The fourth-order valence-corrected chi connectivity index (χ4v) is 3.12. The zero-order chi connectivity index (χ0) is 23.3. The summed E-state index contributed by atoms with van der Waals surface area (Å²) in [6.07, 6.45) is -8.51. The van der Waals surface area contributed by atoms with Crippen LogP contribution in [0.15, 0.2) is 48.5 Å². The van der Waals surface area contributed by atoms with E-state index in [2.05, 4.69) is 14.6 Å². The monoisotopic (exact) mass is 455 g/mol. The maximum absolute atomic E-state index is 13.2. The smallest absolute Gasteiger partial charge is 0.395 e. The largest absolute Gasteiger partial charge is 0.586 e. The zero-order valence-electron chi connectivity index (χ0n) is 16.2. The molecule has 0 aliphatic carbocycles. The average molecular weight is 455 g/mol. The topological polar surface area (TPSA) is 76.8 Å². The molecule has 12 heteroatoms. The number of rotatable bonds is 4. The van der Waals surface area contributed by atoms with Crippen LogP contribution in [-0.4, -0.2) is 34.1 Å². The van der Waals surface area contributed by atoms with E-state index in [1.807, 2.05) is 0 Å². The van der Waals surface area contributed by atoms with Crippen molar-refractivity contribution in [1.82, 2.24) is 9.78 Å². The van der Waals surface area contributed by atoms with Crippen molar-refractivity contribution in [1.29, 1.82) is 0 Å². The van der Waals surface area contributed by atoms with E-state index in [0.29, 0.717) is 6.07 Å². The zero-order valence-corrected chi connectivity index (χ0v) is 16.2. The van der Waals surface area contributed by atoms with E-state index in [-0.39, 0.29) is 34.1 Å². The van der Waals surface area contributed by atoms with Crippen LogP contribution in [0, 0.1) is 0 Å². The molecule has 168 valence electrons. The lowest BCUT2D eigenvalue weighted by atomic mass is 10.1. The second-order valence-electron chi connectivity index (χ2n) is 6.80. The average Bonchev–Trinajstić information content (AvgIpc) is 3.31. The number of halogens is 5. The van der Waals surface area contributed by atoms with Gasteiger partial charge in [-0.05, 0) is 36.4 Å². The highest BCUT2D eigenvalue weighted by molar-refractivity contribution is 6.06. The van der Waals surface area contributed by atoms with Gasteiger partial charge in [-0.15, -0.1) is 8.78 Å². The highest BCUT2D eigenvalue weighted by Crippen LogP contribution is 2.42. The van der Waals surface area contributed by atoms with Gasteiger partial charge in [0.25, 0.3) is 5.91 Å². The predicted molar refractivity (Wildman–Crippen MR) is 99.9 cm³/mol. The Labute approximate surface area is 177 Å². The summed E-state index contributed by atoms with van der Waals surface area (Å²) < 4.78 is 75.0. The molecule has 32 heavy (non-hydrogen) atoms. The lowest BCUT2D eigenvalue weighted by molar-refractivity contribution is -0.286. The number of ether oxygens (including phenoxy) is 2. The summed E-state index contributed by atoms with van der Waals surface area (Å²) in [5.74, 6) is -1.01. The van der Waals surface area contributed by atoms with Crippen LogP contribution >= 0.6 is 0 Å². The lowest BCUT2D eigenvalue weighted by Gasteiger charge is -2.18. The van der Waals surface area contributed by atoms with E-state index >= 15 is 0 Å². The number of alkyl halides is 5. The Kier molecular flexibility index (Phi) is 5.04. The highest BCUT2D eigenvalue weighted by Gasteiger charge is 2.43. The Balaban J connectivity index is 1.63. The Morgan fingerprint density at radius 1 is 1.12 bits per heavy atom. The number of benzene rings is 2. The van der Waals surface area contributed by atoms with Crippen molar-refractivity contribution in [2.45, 2.75) is 19.1 Å². The molecule has 7 nitrogen and oxygen atoms in total. The highest BCUT2D eigenvalue weighted by atomic mass is 19.4. The molecule has 3 aromatic rings. The third-order valence-electron chi connectivity index (χ3n) is 4.65. The van der Waals surface area contributed by atoms with Gasteiger partial charge in [0.15, 0.2) is 17.2 Å². The van der Waals surface area contributed by atoms with E-state index in [4.69, 9.17) is 0 Å². The molecule has 1 N–H and O–H groups in total. The number of nitrogens with zero attached hydrogens (tertiary/aromatic N) is 3. The number of aromatic nitrogens is 2. The van der Waals surface area contributed by atoms with Crippen molar-refractivity contribution < 1.29 is 41.3 Å². The number of carbonyl (C=O) groups is 1. The van der Waals surface area contributed by atoms with Crippen LogP contribution in [0.2, 0.25) is 0 Å². The maximum atomic E-state index is 13.2. The van der Waals surface area contributed by atoms with Gasteiger partial charge in [0.1, 0.15) is 0 Å². The van der Waals surface area contributed by atoms with Gasteiger partial charge in [0, 0.05) is 24.4 Å². The summed E-state index contributed by atoms with van der Waals surface area (Å²) in [6.45, 7) is -0.705. The summed E-state index contributed by atoms with van der Waals surface area (Å²) in [5, 5.41) is 12.9. The molecular formula is C20H14F5N3O4. The fraction of sp³-hybridized carbons (Fsp3) is 0.200. The van der Waals surface area contributed by atoms with E-state index in [1.54, 1.807) is 0 Å². The van der Waals surface area contributed by atoms with Crippen LogP contribution in [0.25, 0.3) is 5.69 Å². The molecule has 2 heterocycles. The number of amides is 1. The Hall–Kier alpha value is -3.67. The quantitative estimate of drug-likeness (QED) is 0.603. The maximum Gasteiger partial charge on any atom is 0.586 e. The predicted octanol–water partition coefficient (Wildman–Crippen LogP) is 3.98. The summed E-state index contributed by atoms with van der Waals surface area (Å²) >= 11 is 0. The van der Waals surface area contributed by atoms with Crippen molar-refractivity contribution in [3.05, 3.63) is 65.5 Å². The molecule has 1 aliphatic heterocycles. The Morgan fingerprint density at radius 3 is 2.53 bits per heavy atom. The minimum Gasteiger partial charge on any atom is -0.395 e. The number of aliphatic hydroxyl groups excluding tert-OH is 1. The first-order valence-corrected chi connectivity index (χ1v) is 9.04. The van der Waals surface area contributed by atoms with Gasteiger partial charge >= 0.3 is 12.5 Å². The summed E-state index contributed by atoms with van der Waals surface area (Å²) in [7, 11) is 1.39. The van der Waals surface area contributed by atoms with Crippen LogP contribution < -0.4 is 14.4 Å². The molecule has 1 aliphatic rings. The van der Waals surface area contributed by atoms with E-state index in [0.717, 1.165) is 9.58 Å². The summed E-state index contributed by atoms with van der Waals surface area (Å²) in [5.41, 5.74) is -0.885. The van der Waals surface area contributed by atoms with E-state index in [9.17, 15) is 31.9 Å². The van der Waals surface area contributed by atoms with Gasteiger partial charge in [0.05, 0.1) is 18.0 Å². The molecule has 4 rings (SSSR count). The second-order valence-corrected chi connectivity index (χ2v) is 6.80. The molecule has 0 fully saturated rings. The molecule has 0 bridgehead atoms. The molecular weight excluding hydrogens is 441 g/mol. The molecule has 1 aromatic heterocycles. The first kappa shape index (κ1) is 21.6. The molecule has 0 atom stereocenters. The van der Waals surface area contributed by atoms with Gasteiger partial charge in [-0.25, -0.2) is 4.68 Å². The van der Waals surface area contributed by atoms with E-state index in [1.165, 1.54) is 49.5 Å². The number of carbonyl (C=O) groups excluding carboxylic acids is 1. The number of anilines is 1. The molecule has 0 unspecified atom stereocenters. The third kappa shape index (κ3) is 3.96. The third-order valence-corrected chi connectivity index (χ3v) is 4.65. The van der Waals surface area contributed by atoms with Gasteiger partial charge in [-0.3, -0.25) is 4.79 Å². The van der Waals surface area contributed by atoms with Gasteiger partial charge in [0.2, 0.25) is 0 Å². The van der Waals surface area contributed by atoms with Crippen molar-refractivity contribution in [3.8, 4) is 17.2 Å². The number of aliphatic hydroxyl groups is 1. The molecule has 2 aromatic carbocycles. The van der Waals surface area contributed by atoms with Crippen molar-refractivity contribution in [2.75, 3.05) is 11.9 Å². The van der Waals surface area contributed by atoms with E-state index < -0.39 is 30.7 Å². The summed E-state index contributed by atoms with van der Waals surface area (Å²) in [6, 6.07) is 10.1. The first-order chi connectivity index (χ1) is 15.0. The molecule has 1 amide bonds. The van der Waals surface area contributed by atoms with Gasteiger partial charge < -0.3 is 19.5 Å². The molecule has 0 radical (unpaired) electrons. The normalized spacial score (nSPS) is 14.5. The standard InChI is InChI=1S/C20H14F5N3O4/c1-27(12-5-6-15-16(8-12)32-20(24,25)31-15)18(30)11-3-2-4-13(7-11)28-14(10-29)9-17(26-28)19(21,22)23/h2-9,29H,10H2,1H3. The summed E-state index contributed by atoms with van der Waals surface area (Å²) in [4.78, 5) is 14.1.